The zero-order valence-corrected chi connectivity index (χ0v) is 26.7. The van der Waals surface area contributed by atoms with E-state index in [-0.39, 0.29) is 0 Å². The average molecular weight is 599 g/mol. The molecular formula is C39H30N4OSi. The van der Waals surface area contributed by atoms with E-state index >= 15 is 0 Å². The molecule has 0 radical (unpaired) electrons. The van der Waals surface area contributed by atoms with Gasteiger partial charge in [-0.1, -0.05) is 114 Å². The minimum Gasteiger partial charge on any atom is -0.456 e. The van der Waals surface area contributed by atoms with E-state index in [2.05, 4.69) is 70.5 Å². The van der Waals surface area contributed by atoms with Crippen molar-refractivity contribution in [3.63, 3.8) is 0 Å². The highest BCUT2D eigenvalue weighted by Gasteiger charge is 2.21. The van der Waals surface area contributed by atoms with Gasteiger partial charge in [-0.3, -0.25) is 5.41 Å². The third-order valence-corrected chi connectivity index (χ3v) is 9.02. The third kappa shape index (κ3) is 4.91. The lowest BCUT2D eigenvalue weighted by atomic mass is 10.0. The van der Waals surface area contributed by atoms with Gasteiger partial charge in [0.15, 0.2) is 0 Å². The topological polar surface area (TPSA) is 66.3 Å². The number of aliphatic imine (C=N–C) groups is 1. The lowest BCUT2D eigenvalue weighted by Gasteiger charge is -2.21. The average Bonchev–Trinajstić information content (AvgIpc) is 3.61. The predicted octanol–water partition coefficient (Wildman–Crippen LogP) is 7.54. The molecule has 2 aromatic heterocycles. The highest BCUT2D eigenvalue weighted by molar-refractivity contribution is 6.34. The van der Waals surface area contributed by atoms with E-state index in [0.29, 0.717) is 5.84 Å². The van der Waals surface area contributed by atoms with Crippen LogP contribution in [-0.4, -0.2) is 26.9 Å². The Hall–Kier alpha value is -5.72. The van der Waals surface area contributed by atoms with Gasteiger partial charge in [-0.05, 0) is 47.0 Å². The fourth-order valence-electron chi connectivity index (χ4n) is 6.21. The molecule has 5 nitrogen and oxygen atoms in total. The molecule has 0 aliphatic carbocycles. The van der Waals surface area contributed by atoms with E-state index in [0.717, 1.165) is 76.2 Å². The molecule has 0 saturated carbocycles. The van der Waals surface area contributed by atoms with Crippen molar-refractivity contribution in [3.05, 3.63) is 151 Å². The summed E-state index contributed by atoms with van der Waals surface area (Å²) in [5, 5.41) is 18.5. The maximum absolute atomic E-state index is 9.26. The standard InChI is InChI=1S/C39H30N4OSi/c40-38(28-15-9-14-27(20-28)26-12-5-2-6-13-26)42-39(41-24-25-10-3-1-4-11-25)43-34-19-18-29(45)21-31(34)32-23-37-33(22-35(32)43)30-16-7-8-17-36(30)44-37/h1-24,39H,45H3,(H2,40,42)/b41-24+. The van der Waals surface area contributed by atoms with E-state index in [1.807, 2.05) is 85.1 Å². The summed E-state index contributed by atoms with van der Waals surface area (Å²) in [6.07, 6.45) is 1.30. The molecule has 8 aromatic rings. The van der Waals surface area contributed by atoms with Gasteiger partial charge in [0.1, 0.15) is 17.0 Å². The predicted molar refractivity (Wildman–Crippen MR) is 191 cm³/mol. The SMILES string of the molecule is N=C(NC(/N=C/c1ccccc1)n1c2ccc([SiH3])cc2c2cc3oc4ccccc4c3cc21)c1cccc(-c2ccccc2)c1. The van der Waals surface area contributed by atoms with Crippen LogP contribution < -0.4 is 10.5 Å². The summed E-state index contributed by atoms with van der Waals surface area (Å²) in [6, 6.07) is 47.7. The van der Waals surface area contributed by atoms with Crippen molar-refractivity contribution in [1.29, 1.82) is 5.41 Å². The van der Waals surface area contributed by atoms with Crippen LogP contribution in [0.2, 0.25) is 0 Å². The number of hydrogen-bond donors (Lipinski definition) is 2. The van der Waals surface area contributed by atoms with Gasteiger partial charge in [0.05, 0.1) is 11.0 Å². The number of nitrogens with zero attached hydrogens (tertiary/aromatic N) is 2. The first-order valence-corrected chi connectivity index (χ1v) is 16.1. The molecule has 0 fully saturated rings. The monoisotopic (exact) mass is 598 g/mol. The van der Waals surface area contributed by atoms with Crippen molar-refractivity contribution in [2.24, 2.45) is 4.99 Å². The van der Waals surface area contributed by atoms with Crippen LogP contribution in [0.5, 0.6) is 0 Å². The first kappa shape index (κ1) is 26.9. The van der Waals surface area contributed by atoms with Gasteiger partial charge < -0.3 is 14.3 Å². The molecule has 0 aliphatic rings. The number of amidine groups is 1. The van der Waals surface area contributed by atoms with Crippen LogP contribution in [0.1, 0.15) is 17.4 Å². The Bertz CT molecular complexity index is 2390. The number of para-hydroxylation sites is 1. The lowest BCUT2D eigenvalue weighted by molar-refractivity contribution is 0.523. The number of nitrogens with one attached hydrogen (secondary N) is 2. The van der Waals surface area contributed by atoms with Crippen molar-refractivity contribution in [3.8, 4) is 11.1 Å². The van der Waals surface area contributed by atoms with Crippen LogP contribution in [0.25, 0.3) is 54.9 Å². The molecule has 216 valence electrons. The number of hydrogen-bond acceptors (Lipinski definition) is 3. The summed E-state index contributed by atoms with van der Waals surface area (Å²) in [6.45, 7) is 0. The Balaban J connectivity index is 1.31. The van der Waals surface area contributed by atoms with Crippen LogP contribution in [0, 0.1) is 5.41 Å². The number of furan rings is 1. The number of benzene rings is 6. The second-order valence-electron chi connectivity index (χ2n) is 11.4. The van der Waals surface area contributed by atoms with Crippen molar-refractivity contribution >= 4 is 71.2 Å². The summed E-state index contributed by atoms with van der Waals surface area (Å²) >= 11 is 0. The van der Waals surface area contributed by atoms with Crippen molar-refractivity contribution in [2.45, 2.75) is 6.29 Å². The minimum absolute atomic E-state index is 0.298. The Morgan fingerprint density at radius 2 is 1.40 bits per heavy atom. The molecule has 45 heavy (non-hydrogen) atoms. The second-order valence-corrected chi connectivity index (χ2v) is 12.5. The molecular weight excluding hydrogens is 569 g/mol. The smallest absolute Gasteiger partial charge is 0.202 e. The van der Waals surface area contributed by atoms with Gasteiger partial charge in [0.25, 0.3) is 0 Å². The minimum atomic E-state index is -0.589. The van der Waals surface area contributed by atoms with Crippen LogP contribution in [-0.2, 0) is 0 Å². The summed E-state index contributed by atoms with van der Waals surface area (Å²) in [5.74, 6) is 0.298. The van der Waals surface area contributed by atoms with Crippen molar-refractivity contribution < 1.29 is 4.42 Å². The molecule has 0 amide bonds. The van der Waals surface area contributed by atoms with E-state index in [1.54, 1.807) is 0 Å². The van der Waals surface area contributed by atoms with Crippen LogP contribution >= 0.6 is 0 Å². The van der Waals surface area contributed by atoms with E-state index in [4.69, 9.17) is 9.41 Å². The molecule has 8 rings (SSSR count). The largest absolute Gasteiger partial charge is 0.456 e. The first-order valence-electron chi connectivity index (χ1n) is 15.1. The highest BCUT2D eigenvalue weighted by atomic mass is 28.1. The Morgan fingerprint density at radius 1 is 0.667 bits per heavy atom. The maximum atomic E-state index is 9.26. The third-order valence-electron chi connectivity index (χ3n) is 8.40. The summed E-state index contributed by atoms with van der Waals surface area (Å²) < 4.78 is 8.53. The molecule has 0 spiro atoms. The Labute approximate surface area is 263 Å². The van der Waals surface area contributed by atoms with Gasteiger partial charge in [-0.2, -0.15) is 0 Å². The van der Waals surface area contributed by atoms with Gasteiger partial charge in [-0.25, -0.2) is 4.99 Å². The molecule has 2 heterocycles. The molecule has 6 aromatic carbocycles. The molecule has 1 atom stereocenters. The van der Waals surface area contributed by atoms with Gasteiger partial charge in [-0.15, -0.1) is 0 Å². The van der Waals surface area contributed by atoms with E-state index in [1.165, 1.54) is 5.19 Å². The molecule has 2 N–H and O–H groups in total. The van der Waals surface area contributed by atoms with Gasteiger partial charge in [0, 0.05) is 43.6 Å². The first-order chi connectivity index (χ1) is 22.1. The summed E-state index contributed by atoms with van der Waals surface area (Å²) in [5.41, 5.74) is 7.79. The van der Waals surface area contributed by atoms with E-state index < -0.39 is 6.29 Å². The quantitative estimate of drug-likeness (QED) is 0.118. The van der Waals surface area contributed by atoms with E-state index in [9.17, 15) is 5.41 Å². The van der Waals surface area contributed by atoms with Crippen molar-refractivity contribution in [2.75, 3.05) is 0 Å². The second kappa shape index (κ2) is 11.1. The number of fused-ring (bicyclic) bond motifs is 6. The summed E-state index contributed by atoms with van der Waals surface area (Å²) in [4.78, 5) is 5.11. The van der Waals surface area contributed by atoms with Gasteiger partial charge >= 0.3 is 0 Å². The normalized spacial score (nSPS) is 12.5. The molecule has 1 unspecified atom stereocenters. The van der Waals surface area contributed by atoms with Crippen LogP contribution in [0.3, 0.4) is 0 Å². The highest BCUT2D eigenvalue weighted by Crippen LogP contribution is 2.38. The van der Waals surface area contributed by atoms with Crippen molar-refractivity contribution in [1.82, 2.24) is 9.88 Å². The summed E-state index contributed by atoms with van der Waals surface area (Å²) in [7, 11) is 0.944. The Morgan fingerprint density at radius 3 is 2.24 bits per heavy atom. The lowest BCUT2D eigenvalue weighted by Crippen LogP contribution is -2.31. The molecule has 0 saturated heterocycles. The maximum Gasteiger partial charge on any atom is 0.202 e. The van der Waals surface area contributed by atoms with Gasteiger partial charge in [0.2, 0.25) is 6.29 Å². The fourth-order valence-corrected chi connectivity index (χ4v) is 6.66. The zero-order valence-electron chi connectivity index (χ0n) is 24.7. The zero-order chi connectivity index (χ0) is 30.3. The van der Waals surface area contributed by atoms with Crippen LogP contribution in [0.15, 0.2) is 149 Å². The molecule has 0 bridgehead atoms. The molecule has 6 heteroatoms. The number of aromatic nitrogens is 1. The molecule has 0 aliphatic heterocycles. The fraction of sp³-hybridized carbons (Fsp3) is 0.0256. The van der Waals surface area contributed by atoms with Crippen LogP contribution in [0.4, 0.5) is 0 Å². The number of rotatable bonds is 6. The Kier molecular flexibility index (Phi) is 6.62.